The summed E-state index contributed by atoms with van der Waals surface area (Å²) in [5.74, 6) is 1.41. The van der Waals surface area contributed by atoms with Crippen LogP contribution in [0.3, 0.4) is 0 Å². The molecule has 0 aliphatic carbocycles. The van der Waals surface area contributed by atoms with E-state index in [9.17, 15) is 0 Å². The zero-order chi connectivity index (χ0) is 14.5. The number of aliphatic hydroxyl groups is 1. The molecule has 0 bridgehead atoms. The molecule has 1 saturated heterocycles. The molecule has 0 atom stereocenters. The fourth-order valence-corrected chi connectivity index (χ4v) is 2.97. The van der Waals surface area contributed by atoms with Crippen molar-refractivity contribution < 1.29 is 5.11 Å². The van der Waals surface area contributed by atoms with Gasteiger partial charge in [-0.25, -0.2) is 4.98 Å². The van der Waals surface area contributed by atoms with E-state index in [1.165, 1.54) is 0 Å². The molecular weight excluding hydrogens is 299 g/mol. The number of pyridine rings is 1. The maximum Gasteiger partial charge on any atom is 0.149 e. The van der Waals surface area contributed by atoms with Crippen LogP contribution in [0.5, 0.6) is 0 Å². The molecule has 2 rings (SSSR count). The van der Waals surface area contributed by atoms with Crippen molar-refractivity contribution in [1.82, 2.24) is 9.88 Å². The zero-order valence-corrected chi connectivity index (χ0v) is 13.1. The molecule has 0 amide bonds. The van der Waals surface area contributed by atoms with Gasteiger partial charge < -0.3 is 15.3 Å². The number of hydrogen-bond acceptors (Lipinski definition) is 5. The van der Waals surface area contributed by atoms with E-state index in [2.05, 4.69) is 20.1 Å². The maximum absolute atomic E-state index is 9.02. The second kappa shape index (κ2) is 7.31. The van der Waals surface area contributed by atoms with E-state index in [1.54, 1.807) is 13.1 Å². The third-order valence-electron chi connectivity index (χ3n) is 3.45. The summed E-state index contributed by atoms with van der Waals surface area (Å²) >= 11 is 12.3. The Bertz CT molecular complexity index is 458. The number of hydrogen-bond donors (Lipinski definition) is 2. The highest BCUT2D eigenvalue weighted by Crippen LogP contribution is 2.31. The number of nitrogens with one attached hydrogen (secondary N) is 1. The maximum atomic E-state index is 9.02. The van der Waals surface area contributed by atoms with Crippen LogP contribution in [-0.2, 0) is 0 Å². The first-order valence-corrected chi connectivity index (χ1v) is 7.53. The number of halogens is 2. The first kappa shape index (κ1) is 15.6. The highest BCUT2D eigenvalue weighted by Gasteiger charge is 2.19. The number of aromatic nitrogens is 1. The molecule has 0 spiro atoms. The molecule has 0 radical (unpaired) electrons. The Morgan fingerprint density at radius 3 is 2.75 bits per heavy atom. The highest BCUT2D eigenvalue weighted by molar-refractivity contribution is 6.37. The molecule has 20 heavy (non-hydrogen) atoms. The van der Waals surface area contributed by atoms with Gasteiger partial charge in [-0.3, -0.25) is 4.90 Å². The predicted octanol–water partition coefficient (Wildman–Crippen LogP) is 1.93. The van der Waals surface area contributed by atoms with Crippen LogP contribution < -0.4 is 10.2 Å². The Morgan fingerprint density at radius 2 is 2.05 bits per heavy atom. The quantitative estimate of drug-likeness (QED) is 0.888. The van der Waals surface area contributed by atoms with Gasteiger partial charge in [-0.15, -0.1) is 0 Å². The number of β-amino-alcohol motifs (C(OH)–C–C–N with tert-alkyl or cyclic N) is 1. The molecule has 112 valence electrons. The van der Waals surface area contributed by atoms with E-state index < -0.39 is 0 Å². The van der Waals surface area contributed by atoms with Gasteiger partial charge >= 0.3 is 0 Å². The standard InChI is InChI=1S/C13H20Cl2N4O/c1-16-12-10(14)9-11(15)13(17-12)19-4-2-3-18(5-6-19)7-8-20/h9,20H,2-8H2,1H3,(H,16,17). The Balaban J connectivity index is 2.15. The monoisotopic (exact) mass is 318 g/mol. The van der Waals surface area contributed by atoms with E-state index >= 15 is 0 Å². The fourth-order valence-electron chi connectivity index (χ4n) is 2.40. The molecule has 0 aromatic carbocycles. The van der Waals surface area contributed by atoms with Crippen molar-refractivity contribution in [1.29, 1.82) is 0 Å². The van der Waals surface area contributed by atoms with Crippen molar-refractivity contribution >= 4 is 34.8 Å². The number of aliphatic hydroxyl groups excluding tert-OH is 1. The number of rotatable bonds is 4. The summed E-state index contributed by atoms with van der Waals surface area (Å²) in [5, 5.41) is 13.1. The van der Waals surface area contributed by atoms with Crippen molar-refractivity contribution in [2.24, 2.45) is 0 Å². The summed E-state index contributed by atoms with van der Waals surface area (Å²) < 4.78 is 0. The van der Waals surface area contributed by atoms with Crippen LogP contribution in [0.15, 0.2) is 6.07 Å². The van der Waals surface area contributed by atoms with E-state index in [1.807, 2.05) is 0 Å². The fraction of sp³-hybridized carbons (Fsp3) is 0.615. The summed E-state index contributed by atoms with van der Waals surface area (Å²) in [4.78, 5) is 8.94. The van der Waals surface area contributed by atoms with Crippen LogP contribution in [0.1, 0.15) is 6.42 Å². The van der Waals surface area contributed by atoms with E-state index in [4.69, 9.17) is 28.3 Å². The first-order valence-electron chi connectivity index (χ1n) is 6.77. The molecule has 0 unspecified atom stereocenters. The lowest BCUT2D eigenvalue weighted by Gasteiger charge is -2.24. The Hall–Kier alpha value is -0.750. The van der Waals surface area contributed by atoms with Crippen molar-refractivity contribution in [2.45, 2.75) is 6.42 Å². The average molecular weight is 319 g/mol. The third kappa shape index (κ3) is 3.67. The Labute approximate surface area is 129 Å². The van der Waals surface area contributed by atoms with Crippen LogP contribution in [0.4, 0.5) is 11.6 Å². The van der Waals surface area contributed by atoms with Crippen molar-refractivity contribution in [2.75, 3.05) is 56.6 Å². The van der Waals surface area contributed by atoms with Gasteiger partial charge in [-0.1, -0.05) is 23.2 Å². The van der Waals surface area contributed by atoms with E-state index in [0.29, 0.717) is 15.9 Å². The second-order valence-corrected chi connectivity index (χ2v) is 5.59. The third-order valence-corrected chi connectivity index (χ3v) is 4.02. The molecule has 1 aromatic heterocycles. The minimum atomic E-state index is 0.198. The SMILES string of the molecule is CNc1nc(N2CCCN(CCO)CC2)c(Cl)cc1Cl. The summed E-state index contributed by atoms with van der Waals surface area (Å²) in [6.07, 6.45) is 1.02. The van der Waals surface area contributed by atoms with Crippen LogP contribution in [0.2, 0.25) is 10.0 Å². The van der Waals surface area contributed by atoms with Gasteiger partial charge in [0.05, 0.1) is 16.7 Å². The lowest BCUT2D eigenvalue weighted by Crippen LogP contribution is -2.32. The van der Waals surface area contributed by atoms with E-state index in [0.717, 1.165) is 45.0 Å². The first-order chi connectivity index (χ1) is 9.65. The molecular formula is C13H20Cl2N4O. The van der Waals surface area contributed by atoms with Gasteiger partial charge in [0.25, 0.3) is 0 Å². The second-order valence-electron chi connectivity index (χ2n) is 4.78. The summed E-state index contributed by atoms with van der Waals surface area (Å²) in [6.45, 7) is 4.55. The zero-order valence-electron chi connectivity index (χ0n) is 11.6. The molecule has 1 aromatic rings. The van der Waals surface area contributed by atoms with Crippen LogP contribution in [0, 0.1) is 0 Å². The minimum Gasteiger partial charge on any atom is -0.395 e. The van der Waals surface area contributed by atoms with Gasteiger partial charge in [-0.2, -0.15) is 0 Å². The number of anilines is 2. The molecule has 1 aliphatic heterocycles. The van der Waals surface area contributed by atoms with Crippen molar-refractivity contribution in [3.05, 3.63) is 16.1 Å². The van der Waals surface area contributed by atoms with Gasteiger partial charge in [0.2, 0.25) is 0 Å². The number of nitrogens with zero attached hydrogens (tertiary/aromatic N) is 3. The summed E-state index contributed by atoms with van der Waals surface area (Å²) in [6, 6.07) is 1.73. The largest absolute Gasteiger partial charge is 0.395 e. The van der Waals surface area contributed by atoms with E-state index in [-0.39, 0.29) is 6.61 Å². The molecule has 1 aliphatic rings. The Kier molecular flexibility index (Phi) is 5.72. The van der Waals surface area contributed by atoms with Crippen LogP contribution in [-0.4, -0.2) is 61.4 Å². The molecule has 7 heteroatoms. The molecule has 2 heterocycles. The van der Waals surface area contributed by atoms with Crippen LogP contribution in [0.25, 0.3) is 0 Å². The lowest BCUT2D eigenvalue weighted by molar-refractivity contribution is 0.204. The van der Waals surface area contributed by atoms with Crippen molar-refractivity contribution in [3.8, 4) is 0 Å². The normalized spacial score (nSPS) is 17.1. The minimum absolute atomic E-state index is 0.198. The Morgan fingerprint density at radius 1 is 1.25 bits per heavy atom. The van der Waals surface area contributed by atoms with Gasteiger partial charge in [-0.05, 0) is 19.0 Å². The van der Waals surface area contributed by atoms with Gasteiger partial charge in [0, 0.05) is 33.2 Å². The van der Waals surface area contributed by atoms with Gasteiger partial charge in [0.1, 0.15) is 11.6 Å². The van der Waals surface area contributed by atoms with Gasteiger partial charge in [0.15, 0.2) is 0 Å². The topological polar surface area (TPSA) is 51.6 Å². The molecule has 0 saturated carbocycles. The predicted molar refractivity (Wildman–Crippen MR) is 84.2 cm³/mol. The summed E-state index contributed by atoms with van der Waals surface area (Å²) in [7, 11) is 1.79. The molecule has 5 nitrogen and oxygen atoms in total. The average Bonchev–Trinajstić information content (AvgIpc) is 2.65. The summed E-state index contributed by atoms with van der Waals surface area (Å²) in [5.41, 5.74) is 0. The van der Waals surface area contributed by atoms with Crippen LogP contribution >= 0.6 is 23.2 Å². The van der Waals surface area contributed by atoms with Crippen molar-refractivity contribution in [3.63, 3.8) is 0 Å². The molecule has 2 N–H and O–H groups in total. The highest BCUT2D eigenvalue weighted by atomic mass is 35.5. The lowest BCUT2D eigenvalue weighted by atomic mass is 10.3. The smallest absolute Gasteiger partial charge is 0.149 e. The molecule has 1 fully saturated rings.